The molecule has 0 saturated heterocycles. The molecular weight excluding hydrogens is 270 g/mol. The highest BCUT2D eigenvalue weighted by atomic mass is 32.2. The highest BCUT2D eigenvalue weighted by Gasteiger charge is 2.18. The Labute approximate surface area is 112 Å². The standard InChI is InChI=1S/C11H17N3O4S/c1-7-5-9(12)8(2)10(6-7)19(16,17)14-3-4-18-11(13)15/h5-6,14H,3-4,12H2,1-2H3,(H2,13,15). The maximum atomic E-state index is 12.1. The molecule has 7 nitrogen and oxygen atoms in total. The lowest BCUT2D eigenvalue weighted by atomic mass is 10.1. The van der Waals surface area contributed by atoms with E-state index in [-0.39, 0.29) is 18.0 Å². The molecule has 0 radical (unpaired) electrons. The fourth-order valence-corrected chi connectivity index (χ4v) is 2.91. The Morgan fingerprint density at radius 2 is 2.00 bits per heavy atom. The lowest BCUT2D eigenvalue weighted by Gasteiger charge is -2.12. The van der Waals surface area contributed by atoms with Crippen molar-refractivity contribution in [1.82, 2.24) is 4.72 Å². The molecule has 1 rings (SSSR count). The van der Waals surface area contributed by atoms with Crippen LogP contribution in [0.3, 0.4) is 0 Å². The molecule has 1 aromatic carbocycles. The summed E-state index contributed by atoms with van der Waals surface area (Å²) in [5, 5.41) is 0. The summed E-state index contributed by atoms with van der Waals surface area (Å²) < 4.78 is 30.9. The second kappa shape index (κ2) is 5.89. The average molecular weight is 287 g/mol. The number of amides is 1. The van der Waals surface area contributed by atoms with Gasteiger partial charge in [0.15, 0.2) is 0 Å². The zero-order valence-corrected chi connectivity index (χ0v) is 11.6. The van der Waals surface area contributed by atoms with Crippen molar-refractivity contribution < 1.29 is 17.9 Å². The van der Waals surface area contributed by atoms with Crippen molar-refractivity contribution in [3.8, 4) is 0 Å². The third-order valence-corrected chi connectivity index (χ3v) is 4.06. The van der Waals surface area contributed by atoms with Crippen LogP contribution in [0.5, 0.6) is 0 Å². The third-order valence-electron chi connectivity index (χ3n) is 2.47. The Kier molecular flexibility index (Phi) is 4.73. The topological polar surface area (TPSA) is 125 Å². The van der Waals surface area contributed by atoms with Gasteiger partial charge in [-0.05, 0) is 37.1 Å². The number of nitrogens with one attached hydrogen (secondary N) is 1. The van der Waals surface area contributed by atoms with Crippen molar-refractivity contribution in [2.45, 2.75) is 18.7 Å². The van der Waals surface area contributed by atoms with Crippen molar-refractivity contribution in [1.29, 1.82) is 0 Å². The molecule has 0 aliphatic carbocycles. The van der Waals surface area contributed by atoms with Crippen LogP contribution < -0.4 is 16.2 Å². The molecule has 106 valence electrons. The van der Waals surface area contributed by atoms with Crippen LogP contribution in [0, 0.1) is 13.8 Å². The van der Waals surface area contributed by atoms with Gasteiger partial charge in [0.25, 0.3) is 0 Å². The minimum atomic E-state index is -3.70. The molecule has 0 aliphatic rings. The lowest BCUT2D eigenvalue weighted by Crippen LogP contribution is -2.29. The molecule has 0 atom stereocenters. The molecule has 8 heteroatoms. The highest BCUT2D eigenvalue weighted by molar-refractivity contribution is 7.89. The number of rotatable bonds is 5. The summed E-state index contributed by atoms with van der Waals surface area (Å²) in [4.78, 5) is 10.5. The van der Waals surface area contributed by atoms with Gasteiger partial charge in [0.2, 0.25) is 10.0 Å². The van der Waals surface area contributed by atoms with Crippen LogP contribution in [-0.2, 0) is 14.8 Å². The van der Waals surface area contributed by atoms with E-state index in [2.05, 4.69) is 9.46 Å². The number of carbonyl (C=O) groups is 1. The number of aryl methyl sites for hydroxylation is 1. The molecule has 0 fully saturated rings. The van der Waals surface area contributed by atoms with E-state index in [1.165, 1.54) is 6.07 Å². The SMILES string of the molecule is Cc1cc(N)c(C)c(S(=O)(=O)NCCOC(N)=O)c1. The van der Waals surface area contributed by atoms with Gasteiger partial charge in [-0.15, -0.1) is 0 Å². The maximum absolute atomic E-state index is 12.1. The van der Waals surface area contributed by atoms with Crippen LogP contribution in [0.2, 0.25) is 0 Å². The second-order valence-electron chi connectivity index (χ2n) is 4.04. The third kappa shape index (κ3) is 4.11. The summed E-state index contributed by atoms with van der Waals surface area (Å²) in [6.45, 7) is 3.20. The number of primary amides is 1. The number of benzene rings is 1. The zero-order valence-electron chi connectivity index (χ0n) is 10.8. The first-order valence-corrected chi connectivity index (χ1v) is 7.01. The fraction of sp³-hybridized carbons (Fsp3) is 0.364. The van der Waals surface area contributed by atoms with Crippen LogP contribution in [0.1, 0.15) is 11.1 Å². The molecule has 5 N–H and O–H groups in total. The average Bonchev–Trinajstić information content (AvgIpc) is 2.29. The summed E-state index contributed by atoms with van der Waals surface area (Å²) in [7, 11) is -3.70. The summed E-state index contributed by atoms with van der Waals surface area (Å²) >= 11 is 0. The zero-order chi connectivity index (χ0) is 14.6. The van der Waals surface area contributed by atoms with E-state index >= 15 is 0 Å². The van der Waals surface area contributed by atoms with Crippen LogP contribution in [0.15, 0.2) is 17.0 Å². The van der Waals surface area contributed by atoms with E-state index < -0.39 is 16.1 Å². The number of nitrogens with two attached hydrogens (primary N) is 2. The van der Waals surface area contributed by atoms with E-state index in [0.717, 1.165) is 5.56 Å². The van der Waals surface area contributed by atoms with Crippen LogP contribution >= 0.6 is 0 Å². The van der Waals surface area contributed by atoms with Crippen molar-refractivity contribution in [2.75, 3.05) is 18.9 Å². The maximum Gasteiger partial charge on any atom is 0.404 e. The van der Waals surface area contributed by atoms with E-state index in [0.29, 0.717) is 11.3 Å². The van der Waals surface area contributed by atoms with Gasteiger partial charge in [-0.2, -0.15) is 0 Å². The van der Waals surface area contributed by atoms with Crippen molar-refractivity contribution in [3.63, 3.8) is 0 Å². The van der Waals surface area contributed by atoms with Crippen LogP contribution in [0.25, 0.3) is 0 Å². The van der Waals surface area contributed by atoms with Gasteiger partial charge in [0.05, 0.1) is 4.90 Å². The number of ether oxygens (including phenoxy) is 1. The Balaban J connectivity index is 2.86. The Bertz CT molecular complexity index is 584. The van der Waals surface area contributed by atoms with Crippen LogP contribution in [0.4, 0.5) is 10.5 Å². The molecule has 0 saturated carbocycles. The number of carbonyl (C=O) groups excluding carboxylic acids is 1. The molecule has 0 spiro atoms. The molecule has 0 aliphatic heterocycles. The summed E-state index contributed by atoms with van der Waals surface area (Å²) in [6.07, 6.45) is -0.949. The van der Waals surface area contributed by atoms with E-state index in [1.54, 1.807) is 19.9 Å². The van der Waals surface area contributed by atoms with E-state index in [1.807, 2.05) is 0 Å². The summed E-state index contributed by atoms with van der Waals surface area (Å²) in [5.41, 5.74) is 12.1. The van der Waals surface area contributed by atoms with Crippen molar-refractivity contribution in [2.24, 2.45) is 5.73 Å². The van der Waals surface area contributed by atoms with Gasteiger partial charge in [0, 0.05) is 12.2 Å². The molecule has 0 heterocycles. The Morgan fingerprint density at radius 1 is 1.37 bits per heavy atom. The minimum absolute atomic E-state index is 0.0570. The van der Waals surface area contributed by atoms with Gasteiger partial charge >= 0.3 is 6.09 Å². The number of anilines is 1. The van der Waals surface area contributed by atoms with Gasteiger partial charge in [-0.25, -0.2) is 17.9 Å². The first-order valence-electron chi connectivity index (χ1n) is 5.52. The monoisotopic (exact) mass is 287 g/mol. The molecule has 0 unspecified atom stereocenters. The summed E-state index contributed by atoms with van der Waals surface area (Å²) in [5.74, 6) is 0. The highest BCUT2D eigenvalue weighted by Crippen LogP contribution is 2.22. The Hall–Kier alpha value is -1.80. The molecule has 0 bridgehead atoms. The van der Waals surface area contributed by atoms with Gasteiger partial charge in [-0.1, -0.05) is 0 Å². The quantitative estimate of drug-likeness (QED) is 0.529. The summed E-state index contributed by atoms with van der Waals surface area (Å²) in [6, 6.07) is 3.23. The van der Waals surface area contributed by atoms with E-state index in [9.17, 15) is 13.2 Å². The molecule has 1 aromatic rings. The number of sulfonamides is 1. The normalized spacial score (nSPS) is 11.3. The fourth-order valence-electron chi connectivity index (χ4n) is 1.54. The molecule has 19 heavy (non-hydrogen) atoms. The largest absolute Gasteiger partial charge is 0.448 e. The van der Waals surface area contributed by atoms with Crippen molar-refractivity contribution in [3.05, 3.63) is 23.3 Å². The van der Waals surface area contributed by atoms with Crippen molar-refractivity contribution >= 4 is 21.8 Å². The van der Waals surface area contributed by atoms with Crippen LogP contribution in [-0.4, -0.2) is 27.7 Å². The van der Waals surface area contributed by atoms with Gasteiger partial charge in [0.1, 0.15) is 6.61 Å². The molecule has 0 aromatic heterocycles. The lowest BCUT2D eigenvalue weighted by molar-refractivity contribution is 0.159. The first-order chi connectivity index (χ1) is 8.74. The Morgan fingerprint density at radius 3 is 2.58 bits per heavy atom. The minimum Gasteiger partial charge on any atom is -0.448 e. The van der Waals surface area contributed by atoms with Gasteiger partial charge < -0.3 is 16.2 Å². The number of nitrogen functional groups attached to an aromatic ring is 1. The van der Waals surface area contributed by atoms with E-state index in [4.69, 9.17) is 11.5 Å². The smallest absolute Gasteiger partial charge is 0.404 e. The predicted octanol–water partition coefficient (Wildman–Crippen LogP) is 0.259. The molecule has 1 amide bonds. The number of hydrogen-bond donors (Lipinski definition) is 3. The molecular formula is C11H17N3O4S. The van der Waals surface area contributed by atoms with Gasteiger partial charge in [-0.3, -0.25) is 0 Å². The predicted molar refractivity (Wildman–Crippen MR) is 71.1 cm³/mol. The number of hydrogen-bond acceptors (Lipinski definition) is 5. The first kappa shape index (κ1) is 15.3. The second-order valence-corrected chi connectivity index (χ2v) is 5.78.